The molecule has 0 bridgehead atoms. The molecule has 0 saturated carbocycles. The standard InChI is InChI=1S/C20H22N6/c1-3-26-18(22-14-23-26)13-21-19(15-9-5-4-6-10-15)20-24-16-11-7-8-12-17(16)25(20)2/h4-12,14,19,21H,3,13H2,1-2H3/t19-/m0/s1. The normalized spacial score (nSPS) is 12.5. The van der Waals surface area contributed by atoms with Gasteiger partial charge in [-0.2, -0.15) is 5.10 Å². The van der Waals surface area contributed by atoms with Crippen LogP contribution in [0, 0.1) is 0 Å². The van der Waals surface area contributed by atoms with Crippen LogP contribution in [0.4, 0.5) is 0 Å². The summed E-state index contributed by atoms with van der Waals surface area (Å²) in [5, 5.41) is 7.88. The first-order valence-electron chi connectivity index (χ1n) is 8.84. The Kier molecular flexibility index (Phi) is 4.50. The van der Waals surface area contributed by atoms with Crippen LogP contribution in [0.15, 0.2) is 60.9 Å². The first-order chi connectivity index (χ1) is 12.8. The van der Waals surface area contributed by atoms with E-state index in [1.165, 1.54) is 5.56 Å². The highest BCUT2D eigenvalue weighted by Gasteiger charge is 2.21. The van der Waals surface area contributed by atoms with Crippen molar-refractivity contribution in [1.82, 2.24) is 29.6 Å². The fourth-order valence-corrected chi connectivity index (χ4v) is 3.31. The maximum absolute atomic E-state index is 4.89. The minimum absolute atomic E-state index is 0.0318. The van der Waals surface area contributed by atoms with Crippen LogP contribution in [0.2, 0.25) is 0 Å². The summed E-state index contributed by atoms with van der Waals surface area (Å²) in [5.74, 6) is 1.91. The van der Waals surface area contributed by atoms with Gasteiger partial charge in [0.05, 0.1) is 23.6 Å². The number of nitrogens with one attached hydrogen (secondary N) is 1. The number of fused-ring (bicyclic) bond motifs is 1. The molecule has 1 N–H and O–H groups in total. The topological polar surface area (TPSA) is 60.6 Å². The number of hydrogen-bond acceptors (Lipinski definition) is 4. The number of para-hydroxylation sites is 2. The van der Waals surface area contributed by atoms with Gasteiger partial charge in [-0.3, -0.25) is 5.32 Å². The zero-order valence-electron chi connectivity index (χ0n) is 15.0. The molecule has 0 aliphatic carbocycles. The van der Waals surface area contributed by atoms with Gasteiger partial charge in [0.25, 0.3) is 0 Å². The van der Waals surface area contributed by atoms with Crippen LogP contribution in [0.1, 0.15) is 30.2 Å². The Labute approximate surface area is 152 Å². The monoisotopic (exact) mass is 346 g/mol. The van der Waals surface area contributed by atoms with E-state index < -0.39 is 0 Å². The maximum atomic E-state index is 4.89. The molecular weight excluding hydrogens is 324 g/mol. The third-order valence-electron chi connectivity index (χ3n) is 4.67. The molecule has 2 aromatic carbocycles. The van der Waals surface area contributed by atoms with Crippen LogP contribution in [0.5, 0.6) is 0 Å². The van der Waals surface area contributed by atoms with Crippen LogP contribution in [0.25, 0.3) is 11.0 Å². The SMILES string of the molecule is CCn1ncnc1CN[C@@H](c1ccccc1)c1nc2ccccc2n1C. The first-order valence-corrected chi connectivity index (χ1v) is 8.84. The zero-order valence-corrected chi connectivity index (χ0v) is 15.0. The van der Waals surface area contributed by atoms with E-state index in [-0.39, 0.29) is 6.04 Å². The highest BCUT2D eigenvalue weighted by atomic mass is 15.3. The van der Waals surface area contributed by atoms with E-state index in [4.69, 9.17) is 4.98 Å². The van der Waals surface area contributed by atoms with Crippen LogP contribution in [-0.4, -0.2) is 24.3 Å². The summed E-state index contributed by atoms with van der Waals surface area (Å²) in [6, 6.07) is 18.6. The summed E-state index contributed by atoms with van der Waals surface area (Å²) in [6.07, 6.45) is 1.60. The number of benzene rings is 2. The van der Waals surface area contributed by atoms with E-state index in [0.717, 1.165) is 29.2 Å². The molecule has 0 aliphatic heterocycles. The van der Waals surface area contributed by atoms with Gasteiger partial charge in [0.1, 0.15) is 18.0 Å². The number of aryl methyl sites for hydroxylation is 2. The Hall–Kier alpha value is -2.99. The van der Waals surface area contributed by atoms with E-state index in [9.17, 15) is 0 Å². The molecule has 1 atom stereocenters. The average molecular weight is 346 g/mol. The molecule has 0 fully saturated rings. The first kappa shape index (κ1) is 16.5. The van der Waals surface area contributed by atoms with Crippen molar-refractivity contribution in [2.45, 2.75) is 26.1 Å². The Morgan fingerprint density at radius 1 is 1.04 bits per heavy atom. The Bertz CT molecular complexity index is 1000. The summed E-state index contributed by atoms with van der Waals surface area (Å²) < 4.78 is 4.06. The smallest absolute Gasteiger partial charge is 0.140 e. The van der Waals surface area contributed by atoms with Gasteiger partial charge in [0.2, 0.25) is 0 Å². The molecule has 4 rings (SSSR count). The molecule has 6 nitrogen and oxygen atoms in total. The highest BCUT2D eigenvalue weighted by molar-refractivity contribution is 5.76. The van der Waals surface area contributed by atoms with Crippen molar-refractivity contribution in [1.29, 1.82) is 0 Å². The van der Waals surface area contributed by atoms with E-state index in [2.05, 4.69) is 70.3 Å². The minimum atomic E-state index is -0.0318. The van der Waals surface area contributed by atoms with Crippen LogP contribution in [0.3, 0.4) is 0 Å². The molecule has 6 heteroatoms. The molecule has 0 spiro atoms. The zero-order chi connectivity index (χ0) is 17.9. The van der Waals surface area contributed by atoms with Crippen molar-refractivity contribution in [3.05, 3.63) is 78.1 Å². The molecule has 132 valence electrons. The van der Waals surface area contributed by atoms with Gasteiger partial charge >= 0.3 is 0 Å². The third kappa shape index (κ3) is 2.99. The number of rotatable bonds is 6. The van der Waals surface area contributed by atoms with Crippen LogP contribution < -0.4 is 5.32 Å². The van der Waals surface area contributed by atoms with E-state index in [0.29, 0.717) is 6.54 Å². The second kappa shape index (κ2) is 7.09. The lowest BCUT2D eigenvalue weighted by Crippen LogP contribution is -2.26. The van der Waals surface area contributed by atoms with Crippen molar-refractivity contribution in [2.24, 2.45) is 7.05 Å². The fraction of sp³-hybridized carbons (Fsp3) is 0.250. The number of aromatic nitrogens is 5. The molecular formula is C20H22N6. The van der Waals surface area contributed by atoms with Gasteiger partial charge in [-0.05, 0) is 24.6 Å². The van der Waals surface area contributed by atoms with E-state index in [1.54, 1.807) is 6.33 Å². The Morgan fingerprint density at radius 2 is 1.81 bits per heavy atom. The van der Waals surface area contributed by atoms with Crippen molar-refractivity contribution in [2.75, 3.05) is 0 Å². The van der Waals surface area contributed by atoms with E-state index in [1.807, 2.05) is 22.9 Å². The lowest BCUT2D eigenvalue weighted by atomic mass is 10.1. The predicted octanol–water partition coefficient (Wildman–Crippen LogP) is 3.06. The quantitative estimate of drug-likeness (QED) is 0.583. The number of imidazole rings is 1. The van der Waals surface area contributed by atoms with Gasteiger partial charge in [-0.15, -0.1) is 0 Å². The lowest BCUT2D eigenvalue weighted by molar-refractivity contribution is 0.519. The Balaban J connectivity index is 1.72. The number of nitrogens with zero attached hydrogens (tertiary/aromatic N) is 5. The summed E-state index contributed by atoms with van der Waals surface area (Å²) in [7, 11) is 2.07. The van der Waals surface area contributed by atoms with Gasteiger partial charge < -0.3 is 4.57 Å². The van der Waals surface area contributed by atoms with Crippen LogP contribution >= 0.6 is 0 Å². The fourth-order valence-electron chi connectivity index (χ4n) is 3.31. The molecule has 2 heterocycles. The summed E-state index contributed by atoms with van der Waals surface area (Å²) in [5.41, 5.74) is 3.31. The largest absolute Gasteiger partial charge is 0.330 e. The van der Waals surface area contributed by atoms with Crippen LogP contribution in [-0.2, 0) is 20.1 Å². The molecule has 0 radical (unpaired) electrons. The highest BCUT2D eigenvalue weighted by Crippen LogP contribution is 2.25. The second-order valence-corrected chi connectivity index (χ2v) is 6.23. The third-order valence-corrected chi connectivity index (χ3v) is 4.67. The molecule has 2 aromatic heterocycles. The van der Waals surface area contributed by atoms with Crippen molar-refractivity contribution in [3.63, 3.8) is 0 Å². The molecule has 0 unspecified atom stereocenters. The second-order valence-electron chi connectivity index (χ2n) is 6.23. The predicted molar refractivity (Wildman–Crippen MR) is 102 cm³/mol. The molecule has 0 saturated heterocycles. The summed E-state index contributed by atoms with van der Waals surface area (Å²) >= 11 is 0. The van der Waals surface area contributed by atoms with Gasteiger partial charge in [0.15, 0.2) is 0 Å². The maximum Gasteiger partial charge on any atom is 0.140 e. The molecule has 0 amide bonds. The summed E-state index contributed by atoms with van der Waals surface area (Å²) in [4.78, 5) is 9.26. The van der Waals surface area contributed by atoms with Gasteiger partial charge in [-0.25, -0.2) is 14.6 Å². The van der Waals surface area contributed by atoms with Gasteiger partial charge in [0, 0.05) is 13.6 Å². The number of hydrogen-bond donors (Lipinski definition) is 1. The van der Waals surface area contributed by atoms with Gasteiger partial charge in [-0.1, -0.05) is 42.5 Å². The van der Waals surface area contributed by atoms with Crippen molar-refractivity contribution < 1.29 is 0 Å². The lowest BCUT2D eigenvalue weighted by Gasteiger charge is -2.19. The van der Waals surface area contributed by atoms with Crippen molar-refractivity contribution >= 4 is 11.0 Å². The molecule has 4 aromatic rings. The average Bonchev–Trinajstić information content (AvgIpc) is 3.28. The van der Waals surface area contributed by atoms with E-state index >= 15 is 0 Å². The van der Waals surface area contributed by atoms with Crippen molar-refractivity contribution in [3.8, 4) is 0 Å². The Morgan fingerprint density at radius 3 is 2.58 bits per heavy atom. The minimum Gasteiger partial charge on any atom is -0.330 e. The summed E-state index contributed by atoms with van der Waals surface area (Å²) in [6.45, 7) is 3.49. The molecule has 0 aliphatic rings. The molecule has 26 heavy (non-hydrogen) atoms.